The highest BCUT2D eigenvalue weighted by molar-refractivity contribution is 5.91. The Morgan fingerprint density at radius 1 is 1.47 bits per heavy atom. The summed E-state index contributed by atoms with van der Waals surface area (Å²) in [5, 5.41) is 0. The van der Waals surface area contributed by atoms with E-state index in [0.717, 1.165) is 5.56 Å². The lowest BCUT2D eigenvalue weighted by Gasteiger charge is -2.07. The molecule has 4 heteroatoms. The van der Waals surface area contributed by atoms with Crippen molar-refractivity contribution in [2.45, 2.75) is 13.3 Å². The third kappa shape index (κ3) is 2.56. The summed E-state index contributed by atoms with van der Waals surface area (Å²) in [6.07, 6.45) is 0.667. The number of hydrogen-bond acceptors (Lipinski definition) is 4. The molecular formula is C11H12O4. The summed E-state index contributed by atoms with van der Waals surface area (Å²) in [4.78, 5) is 21.5. The summed E-state index contributed by atoms with van der Waals surface area (Å²) < 4.78 is 9.31. The minimum Gasteiger partial charge on any atom is -0.465 e. The molecule has 4 nitrogen and oxygen atoms in total. The van der Waals surface area contributed by atoms with Gasteiger partial charge in [0.15, 0.2) is 0 Å². The van der Waals surface area contributed by atoms with Gasteiger partial charge >= 0.3 is 5.97 Å². The highest BCUT2D eigenvalue weighted by Crippen LogP contribution is 2.18. The van der Waals surface area contributed by atoms with Gasteiger partial charge in [-0.3, -0.25) is 4.79 Å². The van der Waals surface area contributed by atoms with E-state index in [4.69, 9.17) is 0 Å². The highest BCUT2D eigenvalue weighted by Gasteiger charge is 2.11. The molecular weight excluding hydrogens is 196 g/mol. The molecule has 1 aromatic carbocycles. The predicted molar refractivity (Wildman–Crippen MR) is 53.9 cm³/mol. The maximum Gasteiger partial charge on any atom is 0.338 e. The molecule has 0 heterocycles. The van der Waals surface area contributed by atoms with Gasteiger partial charge < -0.3 is 9.47 Å². The van der Waals surface area contributed by atoms with Gasteiger partial charge in [-0.25, -0.2) is 4.79 Å². The molecule has 0 radical (unpaired) electrons. The summed E-state index contributed by atoms with van der Waals surface area (Å²) >= 11 is 0. The standard InChI is InChI=1S/C11H12O4/c1-3-8-6-9(15-7-12)4-5-10(8)11(13)14-2/h4-7H,3H2,1-2H3. The lowest BCUT2D eigenvalue weighted by Crippen LogP contribution is -2.05. The first-order chi connectivity index (χ1) is 7.22. The second-order valence-corrected chi connectivity index (χ2v) is 2.88. The van der Waals surface area contributed by atoms with Crippen LogP contribution in [-0.4, -0.2) is 19.6 Å². The van der Waals surface area contributed by atoms with Gasteiger partial charge in [-0.05, 0) is 30.2 Å². The lowest BCUT2D eigenvalue weighted by molar-refractivity contribution is -0.120. The van der Waals surface area contributed by atoms with Crippen LogP contribution in [0.15, 0.2) is 18.2 Å². The van der Waals surface area contributed by atoms with Crippen molar-refractivity contribution in [3.8, 4) is 5.75 Å². The Morgan fingerprint density at radius 3 is 2.73 bits per heavy atom. The second kappa shape index (κ2) is 5.14. The van der Waals surface area contributed by atoms with E-state index in [0.29, 0.717) is 24.2 Å². The van der Waals surface area contributed by atoms with Crippen molar-refractivity contribution in [2.75, 3.05) is 7.11 Å². The summed E-state index contributed by atoms with van der Waals surface area (Å²) in [5.74, 6) is 0.0407. The SMILES string of the molecule is CCc1cc(OC=O)ccc1C(=O)OC. The van der Waals surface area contributed by atoms with Crippen molar-refractivity contribution in [2.24, 2.45) is 0 Å². The van der Waals surface area contributed by atoms with Gasteiger partial charge in [-0.15, -0.1) is 0 Å². The molecule has 0 aromatic heterocycles. The van der Waals surface area contributed by atoms with Crippen molar-refractivity contribution < 1.29 is 19.1 Å². The predicted octanol–water partition coefficient (Wildman–Crippen LogP) is 1.57. The zero-order valence-electron chi connectivity index (χ0n) is 8.65. The second-order valence-electron chi connectivity index (χ2n) is 2.88. The first-order valence-corrected chi connectivity index (χ1v) is 4.54. The minimum absolute atomic E-state index is 0.354. The van der Waals surface area contributed by atoms with Gasteiger partial charge in [0.25, 0.3) is 6.47 Å². The number of aryl methyl sites for hydroxylation is 1. The van der Waals surface area contributed by atoms with E-state index in [9.17, 15) is 9.59 Å². The smallest absolute Gasteiger partial charge is 0.338 e. The molecule has 0 fully saturated rings. The number of esters is 1. The van der Waals surface area contributed by atoms with Gasteiger partial charge in [-0.2, -0.15) is 0 Å². The molecule has 0 aliphatic heterocycles. The Bertz CT molecular complexity index is 371. The monoisotopic (exact) mass is 208 g/mol. The molecule has 0 spiro atoms. The van der Waals surface area contributed by atoms with E-state index < -0.39 is 0 Å². The van der Waals surface area contributed by atoms with Gasteiger partial charge in [0.2, 0.25) is 0 Å². The molecule has 0 atom stereocenters. The zero-order valence-corrected chi connectivity index (χ0v) is 8.65. The Hall–Kier alpha value is -1.84. The Labute approximate surface area is 87.8 Å². The Kier molecular flexibility index (Phi) is 3.85. The first kappa shape index (κ1) is 11.2. The molecule has 0 aliphatic rings. The van der Waals surface area contributed by atoms with Crippen molar-refractivity contribution >= 4 is 12.4 Å². The normalized spacial score (nSPS) is 9.47. The van der Waals surface area contributed by atoms with Crippen LogP contribution >= 0.6 is 0 Å². The van der Waals surface area contributed by atoms with E-state index in [2.05, 4.69) is 9.47 Å². The fourth-order valence-corrected chi connectivity index (χ4v) is 1.30. The fourth-order valence-electron chi connectivity index (χ4n) is 1.30. The third-order valence-electron chi connectivity index (χ3n) is 2.05. The van der Waals surface area contributed by atoms with E-state index in [-0.39, 0.29) is 5.97 Å². The van der Waals surface area contributed by atoms with Crippen molar-refractivity contribution in [1.29, 1.82) is 0 Å². The quantitative estimate of drug-likeness (QED) is 0.556. The minimum atomic E-state index is -0.385. The number of carbonyl (C=O) groups is 2. The number of hydrogen-bond donors (Lipinski definition) is 0. The van der Waals surface area contributed by atoms with Crippen LogP contribution in [0.4, 0.5) is 0 Å². The van der Waals surface area contributed by atoms with Crippen molar-refractivity contribution in [1.82, 2.24) is 0 Å². The average Bonchev–Trinajstić information content (AvgIpc) is 2.28. The van der Waals surface area contributed by atoms with Crippen molar-refractivity contribution in [3.05, 3.63) is 29.3 Å². The fraction of sp³-hybridized carbons (Fsp3) is 0.273. The number of ether oxygens (including phenoxy) is 2. The highest BCUT2D eigenvalue weighted by atomic mass is 16.5. The van der Waals surface area contributed by atoms with Crippen LogP contribution in [0.5, 0.6) is 5.75 Å². The molecule has 0 amide bonds. The number of benzene rings is 1. The van der Waals surface area contributed by atoms with E-state index in [1.807, 2.05) is 6.92 Å². The Balaban J connectivity index is 3.08. The first-order valence-electron chi connectivity index (χ1n) is 4.54. The third-order valence-corrected chi connectivity index (χ3v) is 2.05. The van der Waals surface area contributed by atoms with Crippen LogP contribution in [0.3, 0.4) is 0 Å². The molecule has 1 rings (SSSR count). The molecule has 80 valence electrons. The lowest BCUT2D eigenvalue weighted by atomic mass is 10.1. The summed E-state index contributed by atoms with van der Waals surface area (Å²) in [6, 6.07) is 4.80. The van der Waals surface area contributed by atoms with Crippen LogP contribution in [0.2, 0.25) is 0 Å². The maximum atomic E-state index is 11.3. The zero-order chi connectivity index (χ0) is 11.3. The van der Waals surface area contributed by atoms with E-state index in [1.165, 1.54) is 7.11 Å². The van der Waals surface area contributed by atoms with Crippen LogP contribution in [0, 0.1) is 0 Å². The summed E-state index contributed by atoms with van der Waals surface area (Å²) in [7, 11) is 1.33. The number of rotatable bonds is 4. The average molecular weight is 208 g/mol. The van der Waals surface area contributed by atoms with Gasteiger partial charge in [0.05, 0.1) is 12.7 Å². The van der Waals surface area contributed by atoms with Crippen LogP contribution in [0.25, 0.3) is 0 Å². The molecule has 0 bridgehead atoms. The van der Waals surface area contributed by atoms with Crippen molar-refractivity contribution in [3.63, 3.8) is 0 Å². The largest absolute Gasteiger partial charge is 0.465 e. The molecule has 15 heavy (non-hydrogen) atoms. The molecule has 0 saturated carbocycles. The van der Waals surface area contributed by atoms with E-state index >= 15 is 0 Å². The number of methoxy groups -OCH3 is 1. The number of carbonyl (C=O) groups excluding carboxylic acids is 2. The summed E-state index contributed by atoms with van der Waals surface area (Å²) in [6.45, 7) is 2.26. The molecule has 1 aromatic rings. The topological polar surface area (TPSA) is 52.6 Å². The molecule has 0 unspecified atom stereocenters. The summed E-state index contributed by atoms with van der Waals surface area (Å²) in [5.41, 5.74) is 1.29. The van der Waals surface area contributed by atoms with Crippen LogP contribution in [-0.2, 0) is 16.0 Å². The van der Waals surface area contributed by atoms with E-state index in [1.54, 1.807) is 18.2 Å². The molecule has 0 saturated heterocycles. The van der Waals surface area contributed by atoms with Gasteiger partial charge in [-0.1, -0.05) is 6.92 Å². The van der Waals surface area contributed by atoms with Crippen LogP contribution < -0.4 is 4.74 Å². The Morgan fingerprint density at radius 2 is 2.20 bits per heavy atom. The van der Waals surface area contributed by atoms with Crippen LogP contribution in [0.1, 0.15) is 22.8 Å². The maximum absolute atomic E-state index is 11.3. The van der Waals surface area contributed by atoms with Gasteiger partial charge in [0, 0.05) is 0 Å². The molecule has 0 N–H and O–H groups in total. The molecule has 0 aliphatic carbocycles. The van der Waals surface area contributed by atoms with Gasteiger partial charge in [0.1, 0.15) is 5.75 Å².